The predicted octanol–water partition coefficient (Wildman–Crippen LogP) is 2.82. The molecule has 20 heavy (non-hydrogen) atoms. The molecule has 2 N–H and O–H groups in total. The summed E-state index contributed by atoms with van der Waals surface area (Å²) in [5.41, 5.74) is 8.10. The predicted molar refractivity (Wildman–Crippen MR) is 83.0 cm³/mol. The van der Waals surface area contributed by atoms with E-state index < -0.39 is 0 Å². The summed E-state index contributed by atoms with van der Waals surface area (Å²) in [6, 6.07) is 6.50. The van der Waals surface area contributed by atoms with Crippen molar-refractivity contribution in [1.82, 2.24) is 4.98 Å². The normalized spacial score (nSPS) is 23.2. The average molecular weight is 271 g/mol. The van der Waals surface area contributed by atoms with Crippen LogP contribution >= 0.6 is 0 Å². The molecule has 0 bridgehead atoms. The van der Waals surface area contributed by atoms with E-state index in [1.54, 1.807) is 6.20 Å². The molecule has 1 aromatic carbocycles. The van der Waals surface area contributed by atoms with Crippen LogP contribution in [0.1, 0.15) is 20.3 Å². The number of rotatable bonds is 2. The molecule has 1 aliphatic rings. The maximum Gasteiger partial charge on any atom is 0.0723 e. The number of nitrogens with zero attached hydrogens (tertiary/aromatic N) is 2. The molecule has 106 valence electrons. The fraction of sp³-hybridized carbons (Fsp3) is 0.438. The molecule has 1 aromatic heterocycles. The van der Waals surface area contributed by atoms with E-state index >= 15 is 0 Å². The van der Waals surface area contributed by atoms with Gasteiger partial charge in [0.15, 0.2) is 0 Å². The smallest absolute Gasteiger partial charge is 0.0723 e. The summed E-state index contributed by atoms with van der Waals surface area (Å²) >= 11 is 0. The van der Waals surface area contributed by atoms with E-state index in [9.17, 15) is 0 Å². The maximum atomic E-state index is 6.08. The van der Waals surface area contributed by atoms with Crippen LogP contribution in [-0.2, 0) is 4.74 Å². The molecule has 2 aromatic rings. The first-order valence-electron chi connectivity index (χ1n) is 7.21. The molecule has 3 rings (SSSR count). The van der Waals surface area contributed by atoms with Gasteiger partial charge in [0.05, 0.1) is 18.8 Å². The monoisotopic (exact) mass is 271 g/mol. The summed E-state index contributed by atoms with van der Waals surface area (Å²) in [7, 11) is 0. The van der Waals surface area contributed by atoms with Crippen LogP contribution in [0.25, 0.3) is 10.8 Å². The molecule has 0 aliphatic carbocycles. The van der Waals surface area contributed by atoms with Crippen molar-refractivity contribution in [3.8, 4) is 0 Å². The zero-order valence-electron chi connectivity index (χ0n) is 12.0. The van der Waals surface area contributed by atoms with Gasteiger partial charge in [-0.25, -0.2) is 0 Å². The molecule has 1 aliphatic heterocycles. The molecule has 0 amide bonds. The van der Waals surface area contributed by atoms with Crippen LogP contribution in [0, 0.1) is 0 Å². The first-order chi connectivity index (χ1) is 9.70. The van der Waals surface area contributed by atoms with Gasteiger partial charge in [0.25, 0.3) is 0 Å². The highest BCUT2D eigenvalue weighted by molar-refractivity contribution is 6.00. The van der Waals surface area contributed by atoms with Gasteiger partial charge in [0.2, 0.25) is 0 Å². The van der Waals surface area contributed by atoms with Crippen LogP contribution in [-0.4, -0.2) is 30.3 Å². The lowest BCUT2D eigenvalue weighted by atomic mass is 10.0. The molecule has 2 atom stereocenters. The Hall–Kier alpha value is -1.81. The number of anilines is 2. The first kappa shape index (κ1) is 13.2. The van der Waals surface area contributed by atoms with E-state index in [1.807, 2.05) is 18.3 Å². The molecule has 4 nitrogen and oxygen atoms in total. The van der Waals surface area contributed by atoms with Crippen LogP contribution in [0.2, 0.25) is 0 Å². The quantitative estimate of drug-likeness (QED) is 0.853. The van der Waals surface area contributed by atoms with Crippen LogP contribution in [0.3, 0.4) is 0 Å². The van der Waals surface area contributed by atoms with Crippen molar-refractivity contribution >= 4 is 22.1 Å². The average Bonchev–Trinajstić information content (AvgIpc) is 2.48. The fourth-order valence-corrected chi connectivity index (χ4v) is 2.93. The number of hydrogen-bond donors (Lipinski definition) is 1. The summed E-state index contributed by atoms with van der Waals surface area (Å²) in [6.07, 6.45) is 5.02. The lowest BCUT2D eigenvalue weighted by molar-refractivity contribution is 0.0301. The second kappa shape index (κ2) is 5.29. The van der Waals surface area contributed by atoms with Gasteiger partial charge < -0.3 is 15.4 Å². The van der Waals surface area contributed by atoms with Crippen molar-refractivity contribution in [1.29, 1.82) is 0 Å². The lowest BCUT2D eigenvalue weighted by Crippen LogP contribution is -2.48. The molecule has 0 spiro atoms. The summed E-state index contributed by atoms with van der Waals surface area (Å²) in [5, 5.41) is 2.20. The standard InChI is InChI=1S/C16H21N3O/c1-3-12-10-20-11(2)9-19(12)16-5-4-15(17)13-6-7-18-8-14(13)16/h4-8,11-12H,3,9-10,17H2,1-2H3. The van der Waals surface area contributed by atoms with Gasteiger partial charge in [-0.05, 0) is 31.5 Å². The molecule has 0 saturated carbocycles. The third-order valence-electron chi connectivity index (χ3n) is 4.08. The molecular weight excluding hydrogens is 250 g/mol. The fourth-order valence-electron chi connectivity index (χ4n) is 2.93. The van der Waals surface area contributed by atoms with Gasteiger partial charge in [-0.3, -0.25) is 4.98 Å². The Morgan fingerprint density at radius 2 is 2.20 bits per heavy atom. The Bertz CT molecular complexity index is 614. The van der Waals surface area contributed by atoms with Gasteiger partial charge in [-0.1, -0.05) is 6.92 Å². The van der Waals surface area contributed by atoms with Gasteiger partial charge in [-0.15, -0.1) is 0 Å². The zero-order chi connectivity index (χ0) is 14.1. The van der Waals surface area contributed by atoms with E-state index in [0.717, 1.165) is 36.0 Å². The number of aromatic nitrogens is 1. The number of pyridine rings is 1. The minimum atomic E-state index is 0.252. The Morgan fingerprint density at radius 3 is 3.00 bits per heavy atom. The number of fused-ring (bicyclic) bond motifs is 1. The van der Waals surface area contributed by atoms with E-state index in [-0.39, 0.29) is 6.10 Å². The molecule has 2 heterocycles. The third-order valence-corrected chi connectivity index (χ3v) is 4.08. The van der Waals surface area contributed by atoms with Crippen molar-refractivity contribution in [3.05, 3.63) is 30.6 Å². The van der Waals surface area contributed by atoms with Crippen molar-refractivity contribution in [2.24, 2.45) is 0 Å². The van der Waals surface area contributed by atoms with Crippen molar-refractivity contribution < 1.29 is 4.74 Å². The van der Waals surface area contributed by atoms with Crippen molar-refractivity contribution in [2.75, 3.05) is 23.8 Å². The van der Waals surface area contributed by atoms with E-state index in [4.69, 9.17) is 10.5 Å². The summed E-state index contributed by atoms with van der Waals surface area (Å²) in [4.78, 5) is 6.71. The van der Waals surface area contributed by atoms with Crippen LogP contribution < -0.4 is 10.6 Å². The zero-order valence-corrected chi connectivity index (χ0v) is 12.0. The van der Waals surface area contributed by atoms with Gasteiger partial charge >= 0.3 is 0 Å². The maximum absolute atomic E-state index is 6.08. The Kier molecular flexibility index (Phi) is 3.49. The van der Waals surface area contributed by atoms with Gasteiger partial charge in [-0.2, -0.15) is 0 Å². The molecule has 4 heteroatoms. The Labute approximate surface area is 119 Å². The second-order valence-corrected chi connectivity index (χ2v) is 5.45. The molecule has 1 saturated heterocycles. The largest absolute Gasteiger partial charge is 0.398 e. The molecule has 2 unspecified atom stereocenters. The van der Waals surface area contributed by atoms with E-state index in [2.05, 4.69) is 29.8 Å². The highest BCUT2D eigenvalue weighted by Gasteiger charge is 2.27. The molecular formula is C16H21N3O. The summed E-state index contributed by atoms with van der Waals surface area (Å²) in [6.45, 7) is 6.02. The number of morpholine rings is 1. The second-order valence-electron chi connectivity index (χ2n) is 5.45. The number of nitrogens with two attached hydrogens (primary N) is 1. The van der Waals surface area contributed by atoms with Crippen LogP contribution in [0.5, 0.6) is 0 Å². The first-order valence-corrected chi connectivity index (χ1v) is 7.21. The number of nitrogen functional groups attached to an aromatic ring is 1. The van der Waals surface area contributed by atoms with Crippen LogP contribution in [0.4, 0.5) is 11.4 Å². The van der Waals surface area contributed by atoms with Gasteiger partial charge in [0.1, 0.15) is 0 Å². The topological polar surface area (TPSA) is 51.4 Å². The molecule has 0 radical (unpaired) electrons. The minimum absolute atomic E-state index is 0.252. The van der Waals surface area contributed by atoms with Gasteiger partial charge in [0, 0.05) is 41.1 Å². The van der Waals surface area contributed by atoms with E-state index in [1.165, 1.54) is 5.69 Å². The Morgan fingerprint density at radius 1 is 1.35 bits per heavy atom. The number of hydrogen-bond acceptors (Lipinski definition) is 4. The van der Waals surface area contributed by atoms with E-state index in [0.29, 0.717) is 6.04 Å². The summed E-state index contributed by atoms with van der Waals surface area (Å²) in [5.74, 6) is 0. The minimum Gasteiger partial charge on any atom is -0.398 e. The van der Waals surface area contributed by atoms with Crippen molar-refractivity contribution in [3.63, 3.8) is 0 Å². The Balaban J connectivity index is 2.10. The third kappa shape index (κ3) is 2.20. The van der Waals surface area contributed by atoms with Crippen molar-refractivity contribution in [2.45, 2.75) is 32.4 Å². The molecule has 1 fully saturated rings. The number of ether oxygens (including phenoxy) is 1. The highest BCUT2D eigenvalue weighted by Crippen LogP contribution is 2.33. The summed E-state index contributed by atoms with van der Waals surface area (Å²) < 4.78 is 5.79. The highest BCUT2D eigenvalue weighted by atomic mass is 16.5. The van der Waals surface area contributed by atoms with Crippen LogP contribution in [0.15, 0.2) is 30.6 Å². The SMILES string of the molecule is CCC1COC(C)CN1c1ccc(N)c2ccncc12. The lowest BCUT2D eigenvalue weighted by Gasteiger charge is -2.40. The number of benzene rings is 1.